The number of benzene rings is 2. The van der Waals surface area contributed by atoms with Gasteiger partial charge in [-0.1, -0.05) is 69.7 Å². The number of nitrogens with one attached hydrogen (secondary N) is 1. The van der Waals surface area contributed by atoms with E-state index in [0.29, 0.717) is 81.0 Å². The van der Waals surface area contributed by atoms with E-state index in [4.69, 9.17) is 28.9 Å². The third kappa shape index (κ3) is 15.8. The fourth-order valence-electron chi connectivity index (χ4n) is 9.06. The molecule has 1 amide bonds. The van der Waals surface area contributed by atoms with Gasteiger partial charge in [0.05, 0.1) is 68.6 Å². The number of hydrogen-bond acceptors (Lipinski definition) is 14. The molecule has 3 aromatic heterocycles. The van der Waals surface area contributed by atoms with Crippen molar-refractivity contribution in [1.82, 2.24) is 24.8 Å². The number of amides is 1. The zero-order valence-corrected chi connectivity index (χ0v) is 46.3. The van der Waals surface area contributed by atoms with Crippen molar-refractivity contribution in [1.29, 1.82) is 0 Å². The van der Waals surface area contributed by atoms with Crippen molar-refractivity contribution >= 4 is 67.3 Å². The quantitative estimate of drug-likeness (QED) is 0.0371. The second-order valence-electron chi connectivity index (χ2n) is 17.8. The van der Waals surface area contributed by atoms with E-state index in [9.17, 15) is 37.1 Å². The molecule has 0 saturated carbocycles. The number of aromatic nitrogens is 3. The van der Waals surface area contributed by atoms with Crippen LogP contribution in [-0.2, 0) is 76.1 Å². The second-order valence-corrected chi connectivity index (χ2v) is 19.6. The highest BCUT2D eigenvalue weighted by atomic mass is 79.9. The third-order valence-corrected chi connectivity index (χ3v) is 12.9. The largest absolute Gasteiger partial charge is 0.471 e. The first-order valence-electron chi connectivity index (χ1n) is 24.9. The van der Waals surface area contributed by atoms with Gasteiger partial charge in [-0.15, -0.1) is 0 Å². The van der Waals surface area contributed by atoms with E-state index in [2.05, 4.69) is 53.6 Å². The number of nitrogens with zero attached hydrogens (tertiary/aromatic N) is 5. The van der Waals surface area contributed by atoms with Crippen molar-refractivity contribution in [3.63, 3.8) is 0 Å². The lowest BCUT2D eigenvalue weighted by molar-refractivity contribution is -0.167. The number of halogens is 5. The van der Waals surface area contributed by atoms with Gasteiger partial charge in [-0.2, -0.15) is 13.2 Å². The highest BCUT2D eigenvalue weighted by Gasteiger charge is 2.48. The van der Waals surface area contributed by atoms with Crippen LogP contribution in [0.25, 0.3) is 11.1 Å². The third-order valence-electron chi connectivity index (χ3n) is 12.0. The molecular weight excluding hydrogens is 1120 g/mol. The Morgan fingerprint density at radius 1 is 0.592 bits per heavy atom. The maximum Gasteiger partial charge on any atom is 0.471 e. The highest BCUT2D eigenvalue weighted by Crippen LogP contribution is 2.54. The summed E-state index contributed by atoms with van der Waals surface area (Å²) in [4.78, 5) is 83.6. The van der Waals surface area contributed by atoms with E-state index in [-0.39, 0.29) is 57.4 Å². The summed E-state index contributed by atoms with van der Waals surface area (Å²) in [6.07, 6.45) is -4.49. The molecule has 76 heavy (non-hydrogen) atoms. The molecule has 20 heteroatoms. The zero-order valence-electron chi connectivity index (χ0n) is 43.1. The van der Waals surface area contributed by atoms with Gasteiger partial charge in [-0.05, 0) is 130 Å². The van der Waals surface area contributed by atoms with Crippen molar-refractivity contribution in [3.8, 4) is 23.0 Å². The van der Waals surface area contributed by atoms with E-state index in [1.165, 1.54) is 18.2 Å². The monoisotopic (exact) mass is 1170 g/mol. The van der Waals surface area contributed by atoms with Crippen LogP contribution >= 0.6 is 31.9 Å². The fourth-order valence-corrected chi connectivity index (χ4v) is 10.1. The van der Waals surface area contributed by atoms with E-state index >= 15 is 0 Å². The number of esters is 4. The van der Waals surface area contributed by atoms with E-state index in [0.717, 1.165) is 22.3 Å². The molecule has 6 rings (SSSR count). The van der Waals surface area contributed by atoms with Crippen LogP contribution in [0.3, 0.4) is 0 Å². The summed E-state index contributed by atoms with van der Waals surface area (Å²) in [5, 5.41) is 1.90. The van der Waals surface area contributed by atoms with Gasteiger partial charge in [-0.3, -0.25) is 38.9 Å². The summed E-state index contributed by atoms with van der Waals surface area (Å²) < 4.78 is 63.3. The first-order valence-corrected chi connectivity index (χ1v) is 26.5. The molecule has 0 aliphatic heterocycles. The van der Waals surface area contributed by atoms with Gasteiger partial charge >= 0.3 is 36.0 Å². The summed E-state index contributed by atoms with van der Waals surface area (Å²) in [5.74, 6) is 2.07. The molecule has 2 aromatic carbocycles. The van der Waals surface area contributed by atoms with Gasteiger partial charge < -0.3 is 24.3 Å². The number of carbonyl (C=O) groups is 5. The van der Waals surface area contributed by atoms with Gasteiger partial charge in [-0.25, -0.2) is 9.78 Å². The number of aryl methyl sites for hydroxylation is 1. The summed E-state index contributed by atoms with van der Waals surface area (Å²) >= 11 is 7.12. The van der Waals surface area contributed by atoms with Gasteiger partial charge in [0.1, 0.15) is 5.69 Å². The Morgan fingerprint density at radius 3 is 1.67 bits per heavy atom. The van der Waals surface area contributed by atoms with E-state index < -0.39 is 54.2 Å². The molecule has 0 saturated heterocycles. The molecule has 1 N–H and O–H groups in total. The topological polar surface area (TPSA) is 179 Å². The molecule has 3 heterocycles. The summed E-state index contributed by atoms with van der Waals surface area (Å²) in [6, 6.07) is 20.5. The Morgan fingerprint density at radius 2 is 1.09 bits per heavy atom. The van der Waals surface area contributed by atoms with Crippen LogP contribution in [0.2, 0.25) is 0 Å². The lowest BCUT2D eigenvalue weighted by atomic mass is 9.72. The van der Waals surface area contributed by atoms with E-state index in [1.807, 2.05) is 54.4 Å². The smallest absolute Gasteiger partial charge is 0.466 e. The molecule has 0 fully saturated rings. The maximum absolute atomic E-state index is 13.5. The average molecular weight is 1180 g/mol. The van der Waals surface area contributed by atoms with Crippen LogP contribution < -0.4 is 5.32 Å². The number of rotatable bonds is 23. The second kappa shape index (κ2) is 27.0. The molecule has 1 aliphatic carbocycles. The predicted molar refractivity (Wildman–Crippen MR) is 284 cm³/mol. The Balaban J connectivity index is 1.47. The standard InChI is InChI=1S/C56H59Br2F3N6O9/c1-7-19-66(31-44-25-38(58)26-49(64-44)53(71)76-12-6)30-41-20-36(21-42(63-41)32-67(34-52(70)75-11-5)33-43-24-37(57)23-39(8-2)62-43)14-13-35-15-17-45-46-18-16-40(65-54(72)56(59,60)61)27-48(46)55(47(45)22-35,28-50(68)73-9-3)29-51(69)74-10-4/h15-18,20-27H,7-12,19,28-34H2,1-6H3,(H,65,72). The molecule has 0 spiro atoms. The highest BCUT2D eigenvalue weighted by molar-refractivity contribution is 9.10. The lowest BCUT2D eigenvalue weighted by Gasteiger charge is -2.30. The minimum atomic E-state index is -5.18. The summed E-state index contributed by atoms with van der Waals surface area (Å²) in [6.45, 7) is 12.9. The Labute approximate surface area is 456 Å². The summed E-state index contributed by atoms with van der Waals surface area (Å²) in [7, 11) is 0. The normalized spacial score (nSPS) is 12.3. The van der Waals surface area contributed by atoms with Crippen LogP contribution in [0.5, 0.6) is 0 Å². The van der Waals surface area contributed by atoms with Gasteiger partial charge in [0.15, 0.2) is 0 Å². The molecule has 15 nitrogen and oxygen atoms in total. The average Bonchev–Trinajstić information content (AvgIpc) is 3.62. The number of fused-ring (bicyclic) bond motifs is 3. The molecule has 402 valence electrons. The van der Waals surface area contributed by atoms with Gasteiger partial charge in [0.25, 0.3) is 0 Å². The predicted octanol–water partition coefficient (Wildman–Crippen LogP) is 10.2. The Bertz CT molecular complexity index is 3000. The van der Waals surface area contributed by atoms with Gasteiger partial charge in [0, 0.05) is 63.0 Å². The van der Waals surface area contributed by atoms with Crippen LogP contribution in [0.1, 0.15) is 122 Å². The number of pyridine rings is 3. The number of carbonyl (C=O) groups excluding carboxylic acids is 5. The minimum Gasteiger partial charge on any atom is -0.466 e. The SMILES string of the molecule is CCCN(Cc1cc(C#Cc2ccc3c(c2)C(CC(=O)OCC)(CC(=O)OCC)c2cc(NC(=O)C(F)(F)F)ccc2-3)cc(CN(CC(=O)OCC)Cc2cc(Br)cc(CC)n2)n1)Cc1cc(Br)cc(C(=O)OCC)n1. The van der Waals surface area contributed by atoms with Gasteiger partial charge in [0.2, 0.25) is 0 Å². The molecular formula is C56H59Br2F3N6O9. The molecule has 0 atom stereocenters. The summed E-state index contributed by atoms with van der Waals surface area (Å²) in [5.41, 5.74) is 4.86. The molecule has 0 unspecified atom stereocenters. The van der Waals surface area contributed by atoms with E-state index in [1.54, 1.807) is 52.0 Å². The van der Waals surface area contributed by atoms with Crippen molar-refractivity contribution in [2.24, 2.45) is 0 Å². The van der Waals surface area contributed by atoms with Crippen molar-refractivity contribution in [3.05, 3.63) is 138 Å². The maximum atomic E-state index is 13.5. The molecule has 0 radical (unpaired) electrons. The van der Waals surface area contributed by atoms with Crippen LogP contribution in [0.15, 0.2) is 81.7 Å². The molecule has 5 aromatic rings. The van der Waals surface area contributed by atoms with Crippen LogP contribution in [-0.4, -0.2) is 100 Å². The van der Waals surface area contributed by atoms with Crippen LogP contribution in [0, 0.1) is 11.8 Å². The zero-order chi connectivity index (χ0) is 55.2. The first kappa shape index (κ1) is 58.7. The Kier molecular flexibility index (Phi) is 20.9. The van der Waals surface area contributed by atoms with Crippen molar-refractivity contribution in [2.45, 2.75) is 105 Å². The van der Waals surface area contributed by atoms with Crippen molar-refractivity contribution < 1.29 is 56.1 Å². The lowest BCUT2D eigenvalue weighted by Crippen LogP contribution is -2.34. The fraction of sp³-hybridized carbons (Fsp3) is 0.393. The van der Waals surface area contributed by atoms with Crippen LogP contribution in [0.4, 0.5) is 18.9 Å². The molecule has 0 bridgehead atoms. The number of anilines is 1. The molecule has 1 aliphatic rings. The number of hydrogen-bond donors (Lipinski definition) is 1. The Hall–Kier alpha value is -6.53. The van der Waals surface area contributed by atoms with Crippen molar-refractivity contribution in [2.75, 3.05) is 44.8 Å². The number of ether oxygens (including phenoxy) is 4. The number of alkyl halides is 3. The minimum absolute atomic E-state index is 0.0198. The first-order chi connectivity index (χ1) is 36.3.